The number of ether oxygens (including phenoxy) is 1. The first-order chi connectivity index (χ1) is 6.81. The standard InChI is InChI=1S/C10H16N2OS/c1-7-3-4-9(13-7)10(11-2)8-5-6-14-12-8/h5-7,9-11H,3-4H2,1-2H3. The Labute approximate surface area is 88.6 Å². The quantitative estimate of drug-likeness (QED) is 0.831. The molecule has 1 saturated heterocycles. The molecule has 1 aromatic rings. The molecule has 1 aromatic heterocycles. The van der Waals surface area contributed by atoms with Gasteiger partial charge in [-0.1, -0.05) is 0 Å². The van der Waals surface area contributed by atoms with E-state index < -0.39 is 0 Å². The fourth-order valence-corrected chi connectivity index (χ4v) is 2.54. The van der Waals surface area contributed by atoms with Crippen molar-refractivity contribution >= 4 is 11.5 Å². The van der Waals surface area contributed by atoms with Crippen LogP contribution in [-0.2, 0) is 4.74 Å². The highest BCUT2D eigenvalue weighted by molar-refractivity contribution is 7.03. The van der Waals surface area contributed by atoms with Crippen molar-refractivity contribution in [2.75, 3.05) is 7.05 Å². The number of hydrogen-bond acceptors (Lipinski definition) is 4. The first-order valence-electron chi connectivity index (χ1n) is 5.04. The molecular formula is C10H16N2OS. The van der Waals surface area contributed by atoms with Gasteiger partial charge in [-0.25, -0.2) is 0 Å². The molecule has 0 spiro atoms. The summed E-state index contributed by atoms with van der Waals surface area (Å²) in [5.41, 5.74) is 1.11. The molecule has 1 aliphatic rings. The van der Waals surface area contributed by atoms with Crippen LogP contribution in [-0.4, -0.2) is 23.6 Å². The Bertz CT molecular complexity index is 276. The van der Waals surface area contributed by atoms with Gasteiger partial charge in [-0.15, -0.1) is 0 Å². The minimum atomic E-state index is 0.256. The number of rotatable bonds is 3. The molecule has 0 saturated carbocycles. The summed E-state index contributed by atoms with van der Waals surface area (Å²) < 4.78 is 10.2. The Morgan fingerprint density at radius 3 is 3.00 bits per heavy atom. The lowest BCUT2D eigenvalue weighted by molar-refractivity contribution is 0.0326. The zero-order valence-corrected chi connectivity index (χ0v) is 9.38. The summed E-state index contributed by atoms with van der Waals surface area (Å²) in [6.45, 7) is 2.13. The Morgan fingerprint density at radius 1 is 1.64 bits per heavy atom. The molecule has 3 unspecified atom stereocenters. The van der Waals surface area contributed by atoms with E-state index in [1.165, 1.54) is 11.5 Å². The molecule has 3 nitrogen and oxygen atoms in total. The number of aromatic nitrogens is 1. The van der Waals surface area contributed by atoms with Gasteiger partial charge in [0.25, 0.3) is 0 Å². The van der Waals surface area contributed by atoms with Crippen LogP contribution in [0.2, 0.25) is 0 Å². The Kier molecular flexibility index (Phi) is 3.15. The van der Waals surface area contributed by atoms with Crippen molar-refractivity contribution < 1.29 is 4.74 Å². The van der Waals surface area contributed by atoms with Crippen LogP contribution >= 0.6 is 11.5 Å². The highest BCUT2D eigenvalue weighted by Gasteiger charge is 2.30. The van der Waals surface area contributed by atoms with Crippen molar-refractivity contribution in [1.82, 2.24) is 9.69 Å². The topological polar surface area (TPSA) is 34.2 Å². The van der Waals surface area contributed by atoms with Crippen LogP contribution in [0.4, 0.5) is 0 Å². The maximum Gasteiger partial charge on any atom is 0.0790 e. The number of nitrogens with one attached hydrogen (secondary N) is 1. The van der Waals surface area contributed by atoms with Crippen LogP contribution in [0, 0.1) is 0 Å². The molecule has 1 fully saturated rings. The van der Waals surface area contributed by atoms with Crippen molar-refractivity contribution in [2.45, 2.75) is 38.0 Å². The van der Waals surface area contributed by atoms with Crippen LogP contribution in [0.25, 0.3) is 0 Å². The van der Waals surface area contributed by atoms with E-state index in [4.69, 9.17) is 4.74 Å². The van der Waals surface area contributed by atoms with Crippen molar-refractivity contribution in [3.63, 3.8) is 0 Å². The molecule has 2 rings (SSSR count). The van der Waals surface area contributed by atoms with E-state index in [0.29, 0.717) is 6.10 Å². The molecule has 0 aliphatic carbocycles. The van der Waals surface area contributed by atoms with Crippen molar-refractivity contribution in [3.05, 3.63) is 17.1 Å². The monoisotopic (exact) mass is 212 g/mol. The fraction of sp³-hybridized carbons (Fsp3) is 0.700. The Morgan fingerprint density at radius 2 is 2.50 bits per heavy atom. The minimum absolute atomic E-state index is 0.256. The maximum absolute atomic E-state index is 5.84. The Hall–Kier alpha value is -0.450. The third kappa shape index (κ3) is 1.97. The maximum atomic E-state index is 5.84. The highest BCUT2D eigenvalue weighted by Crippen LogP contribution is 2.29. The molecule has 14 heavy (non-hydrogen) atoms. The summed E-state index contributed by atoms with van der Waals surface area (Å²) in [5, 5.41) is 5.30. The van der Waals surface area contributed by atoms with Gasteiger partial charge in [0.2, 0.25) is 0 Å². The van der Waals surface area contributed by atoms with Gasteiger partial charge in [-0.3, -0.25) is 0 Å². The van der Waals surface area contributed by atoms with E-state index in [-0.39, 0.29) is 12.1 Å². The average Bonchev–Trinajstić information content (AvgIpc) is 2.79. The second-order valence-corrected chi connectivity index (χ2v) is 4.42. The zero-order valence-electron chi connectivity index (χ0n) is 8.56. The summed E-state index contributed by atoms with van der Waals surface area (Å²) in [4.78, 5) is 0. The molecule has 78 valence electrons. The van der Waals surface area contributed by atoms with Gasteiger partial charge in [0.05, 0.1) is 23.9 Å². The van der Waals surface area contributed by atoms with E-state index >= 15 is 0 Å². The first kappa shape index (κ1) is 10.1. The summed E-state index contributed by atoms with van der Waals surface area (Å²) in [6.07, 6.45) is 2.98. The molecule has 0 bridgehead atoms. The average molecular weight is 212 g/mol. The molecule has 3 atom stereocenters. The van der Waals surface area contributed by atoms with Gasteiger partial charge in [0.15, 0.2) is 0 Å². The third-order valence-corrected chi connectivity index (χ3v) is 3.30. The molecule has 0 amide bonds. The summed E-state index contributed by atoms with van der Waals surface area (Å²) in [6, 6.07) is 2.32. The van der Waals surface area contributed by atoms with E-state index in [1.54, 1.807) is 0 Å². The highest BCUT2D eigenvalue weighted by atomic mass is 32.1. The van der Waals surface area contributed by atoms with E-state index in [1.807, 2.05) is 12.4 Å². The number of nitrogens with zero attached hydrogens (tertiary/aromatic N) is 1. The second-order valence-electron chi connectivity index (χ2n) is 3.75. The van der Waals surface area contributed by atoms with Gasteiger partial charge in [0, 0.05) is 5.38 Å². The fourth-order valence-electron chi connectivity index (χ4n) is 1.99. The molecule has 0 radical (unpaired) electrons. The van der Waals surface area contributed by atoms with Crippen molar-refractivity contribution in [3.8, 4) is 0 Å². The van der Waals surface area contributed by atoms with Crippen molar-refractivity contribution in [2.24, 2.45) is 0 Å². The van der Waals surface area contributed by atoms with Crippen LogP contribution < -0.4 is 5.32 Å². The predicted octanol–water partition coefficient (Wildman–Crippen LogP) is 1.97. The van der Waals surface area contributed by atoms with E-state index in [0.717, 1.165) is 18.5 Å². The van der Waals surface area contributed by atoms with Gasteiger partial charge >= 0.3 is 0 Å². The smallest absolute Gasteiger partial charge is 0.0790 e. The van der Waals surface area contributed by atoms with Gasteiger partial charge in [0.1, 0.15) is 0 Å². The van der Waals surface area contributed by atoms with Crippen LogP contribution in [0.5, 0.6) is 0 Å². The normalized spacial score (nSPS) is 29.3. The molecule has 1 aliphatic heterocycles. The summed E-state index contributed by atoms with van der Waals surface area (Å²) >= 11 is 1.50. The van der Waals surface area contributed by atoms with Gasteiger partial charge in [-0.2, -0.15) is 4.37 Å². The lowest BCUT2D eigenvalue weighted by atomic mass is 10.0. The number of hydrogen-bond donors (Lipinski definition) is 1. The van der Waals surface area contributed by atoms with Crippen LogP contribution in [0.1, 0.15) is 31.5 Å². The lowest BCUT2D eigenvalue weighted by Crippen LogP contribution is -2.29. The van der Waals surface area contributed by atoms with Crippen LogP contribution in [0.3, 0.4) is 0 Å². The second kappa shape index (κ2) is 4.38. The number of likely N-dealkylation sites (N-methyl/N-ethyl adjacent to an activating group) is 1. The Balaban J connectivity index is 2.07. The molecule has 1 N–H and O–H groups in total. The molecule has 4 heteroatoms. The van der Waals surface area contributed by atoms with Gasteiger partial charge < -0.3 is 10.1 Å². The first-order valence-corrected chi connectivity index (χ1v) is 5.88. The summed E-state index contributed by atoms with van der Waals surface area (Å²) in [5.74, 6) is 0. The third-order valence-electron chi connectivity index (χ3n) is 2.72. The molecular weight excluding hydrogens is 196 g/mol. The molecule has 2 heterocycles. The largest absolute Gasteiger partial charge is 0.373 e. The minimum Gasteiger partial charge on any atom is -0.373 e. The SMILES string of the molecule is CNC(c1ccsn1)C1CCC(C)O1. The van der Waals surface area contributed by atoms with Crippen LogP contribution in [0.15, 0.2) is 11.4 Å². The van der Waals surface area contributed by atoms with E-state index in [9.17, 15) is 0 Å². The summed E-state index contributed by atoms with van der Waals surface area (Å²) in [7, 11) is 1.97. The van der Waals surface area contributed by atoms with E-state index in [2.05, 4.69) is 22.7 Å². The predicted molar refractivity (Wildman–Crippen MR) is 57.5 cm³/mol. The van der Waals surface area contributed by atoms with Gasteiger partial charge in [-0.05, 0) is 44.4 Å². The van der Waals surface area contributed by atoms with Crippen molar-refractivity contribution in [1.29, 1.82) is 0 Å². The molecule has 0 aromatic carbocycles. The lowest BCUT2D eigenvalue weighted by Gasteiger charge is -2.21. The zero-order chi connectivity index (χ0) is 9.97.